The van der Waals surface area contributed by atoms with Crippen LogP contribution in [0.2, 0.25) is 0 Å². The Morgan fingerprint density at radius 3 is 3.00 bits per heavy atom. The van der Waals surface area contributed by atoms with Crippen LogP contribution >= 0.6 is 22.7 Å². The van der Waals surface area contributed by atoms with Crippen LogP contribution in [0.1, 0.15) is 36.9 Å². The van der Waals surface area contributed by atoms with Gasteiger partial charge in [0, 0.05) is 35.1 Å². The molecule has 10 heteroatoms. The summed E-state index contributed by atoms with van der Waals surface area (Å²) in [5.41, 5.74) is 4.55. The van der Waals surface area contributed by atoms with Crippen LogP contribution in [0.25, 0.3) is 0 Å². The van der Waals surface area contributed by atoms with Crippen molar-refractivity contribution < 1.29 is 14.3 Å². The maximum absolute atomic E-state index is 12.5. The summed E-state index contributed by atoms with van der Waals surface area (Å²) < 4.78 is 5.44. The largest absolute Gasteiger partial charge is 0.449 e. The fourth-order valence-electron chi connectivity index (χ4n) is 3.23. The molecular formula is C21H19N5O3S2. The van der Waals surface area contributed by atoms with Crippen LogP contribution in [0, 0.1) is 18.3 Å². The maximum atomic E-state index is 12.5. The minimum atomic E-state index is -0.328. The first-order valence-electron chi connectivity index (χ1n) is 9.62. The number of thiazole rings is 1. The molecule has 0 spiro atoms. The highest BCUT2D eigenvalue weighted by Crippen LogP contribution is 2.32. The molecule has 0 saturated carbocycles. The van der Waals surface area contributed by atoms with Crippen LogP contribution in [0.5, 0.6) is 0 Å². The lowest BCUT2D eigenvalue weighted by molar-refractivity contribution is 0.0992. The number of amides is 2. The van der Waals surface area contributed by atoms with Crippen molar-refractivity contribution in [2.75, 3.05) is 18.5 Å². The number of thiophene rings is 1. The quantitative estimate of drug-likeness (QED) is 0.630. The van der Waals surface area contributed by atoms with Crippen molar-refractivity contribution in [1.82, 2.24) is 14.9 Å². The average Bonchev–Trinajstić information content (AvgIpc) is 3.38. The Morgan fingerprint density at radius 2 is 2.23 bits per heavy atom. The third-order valence-electron chi connectivity index (χ3n) is 4.91. The zero-order chi connectivity index (χ0) is 21.8. The van der Waals surface area contributed by atoms with E-state index in [0.29, 0.717) is 48.7 Å². The van der Waals surface area contributed by atoms with Gasteiger partial charge in [-0.2, -0.15) is 5.26 Å². The highest BCUT2D eigenvalue weighted by atomic mass is 32.1. The molecule has 1 aliphatic rings. The second-order valence-electron chi connectivity index (χ2n) is 6.98. The van der Waals surface area contributed by atoms with Crippen molar-refractivity contribution in [3.63, 3.8) is 0 Å². The Kier molecular flexibility index (Phi) is 6.25. The van der Waals surface area contributed by atoms with Gasteiger partial charge in [0.15, 0.2) is 0 Å². The predicted molar refractivity (Wildman–Crippen MR) is 117 cm³/mol. The van der Waals surface area contributed by atoms with E-state index >= 15 is 0 Å². The zero-order valence-corrected chi connectivity index (χ0v) is 18.4. The summed E-state index contributed by atoms with van der Waals surface area (Å²) in [6, 6.07) is 5.42. The number of nitriles is 1. The number of aryl methyl sites for hydroxylation is 1. The molecule has 3 aromatic heterocycles. The van der Waals surface area contributed by atoms with Gasteiger partial charge in [-0.1, -0.05) is 0 Å². The summed E-state index contributed by atoms with van der Waals surface area (Å²) in [7, 11) is 0. The molecule has 31 heavy (non-hydrogen) atoms. The molecule has 1 aliphatic heterocycles. The Hall–Kier alpha value is -3.29. The van der Waals surface area contributed by atoms with Crippen LogP contribution < -0.4 is 5.32 Å². The van der Waals surface area contributed by atoms with Crippen molar-refractivity contribution in [2.45, 2.75) is 26.3 Å². The summed E-state index contributed by atoms with van der Waals surface area (Å²) >= 11 is 3.01. The fourth-order valence-corrected chi connectivity index (χ4v) is 5.12. The second-order valence-corrected chi connectivity index (χ2v) is 9.06. The molecule has 3 aromatic rings. The van der Waals surface area contributed by atoms with E-state index in [0.717, 1.165) is 21.0 Å². The summed E-state index contributed by atoms with van der Waals surface area (Å²) in [6.07, 6.45) is 3.88. The molecule has 0 fully saturated rings. The first kappa shape index (κ1) is 21.0. The van der Waals surface area contributed by atoms with E-state index in [2.05, 4.69) is 15.3 Å². The molecule has 4 heterocycles. The number of anilines is 1. The normalized spacial score (nSPS) is 12.7. The Bertz CT molecular complexity index is 1160. The molecule has 0 radical (unpaired) electrons. The predicted octanol–water partition coefficient (Wildman–Crippen LogP) is 3.77. The molecule has 8 nitrogen and oxygen atoms in total. The van der Waals surface area contributed by atoms with E-state index in [1.165, 1.54) is 29.8 Å². The number of aromatic nitrogens is 2. The highest BCUT2D eigenvalue weighted by molar-refractivity contribution is 7.16. The number of hydrogen-bond acceptors (Lipinski definition) is 8. The maximum Gasteiger partial charge on any atom is 0.410 e. The van der Waals surface area contributed by atoms with Gasteiger partial charge in [0.25, 0.3) is 5.91 Å². The SMILES string of the molecule is Cc1ncsc1CCOC(=O)N1CCc2cc(NC(=O)c3cncc(C#N)c3)sc2C1. The van der Waals surface area contributed by atoms with E-state index in [1.807, 2.05) is 19.1 Å². The first-order chi connectivity index (χ1) is 15.0. The number of nitrogens with one attached hydrogen (secondary N) is 1. The molecule has 1 N–H and O–H groups in total. The third kappa shape index (κ3) is 4.90. The number of pyridine rings is 1. The van der Waals surface area contributed by atoms with Crippen molar-refractivity contribution in [2.24, 2.45) is 0 Å². The molecule has 0 saturated heterocycles. The molecule has 4 rings (SSSR count). The number of nitrogens with zero attached hydrogens (tertiary/aromatic N) is 4. The lowest BCUT2D eigenvalue weighted by Gasteiger charge is -2.26. The fraction of sp³-hybridized carbons (Fsp3) is 0.286. The van der Waals surface area contributed by atoms with Crippen LogP contribution in [0.15, 0.2) is 30.0 Å². The van der Waals surface area contributed by atoms with Gasteiger partial charge in [-0.05, 0) is 31.0 Å². The third-order valence-corrected chi connectivity index (χ3v) is 6.98. The molecule has 0 atom stereocenters. The number of carbonyl (C=O) groups is 2. The smallest absolute Gasteiger partial charge is 0.410 e. The summed E-state index contributed by atoms with van der Waals surface area (Å²) in [5, 5.41) is 12.5. The Balaban J connectivity index is 1.33. The van der Waals surface area contributed by atoms with E-state index in [4.69, 9.17) is 10.00 Å². The average molecular weight is 454 g/mol. The highest BCUT2D eigenvalue weighted by Gasteiger charge is 2.24. The first-order valence-corrected chi connectivity index (χ1v) is 11.3. The van der Waals surface area contributed by atoms with Crippen LogP contribution in [0.3, 0.4) is 0 Å². The lowest BCUT2D eigenvalue weighted by Crippen LogP contribution is -2.36. The van der Waals surface area contributed by atoms with Crippen molar-refractivity contribution in [1.29, 1.82) is 5.26 Å². The summed E-state index contributed by atoms with van der Waals surface area (Å²) in [4.78, 5) is 36.9. The monoisotopic (exact) mass is 453 g/mol. The number of carbonyl (C=O) groups excluding carboxylic acids is 2. The second kappa shape index (κ2) is 9.24. The number of fused-ring (bicyclic) bond motifs is 1. The molecule has 2 amide bonds. The Morgan fingerprint density at radius 1 is 1.35 bits per heavy atom. The minimum Gasteiger partial charge on any atom is -0.449 e. The van der Waals surface area contributed by atoms with Crippen LogP contribution in [0.4, 0.5) is 9.80 Å². The molecule has 0 aliphatic carbocycles. The van der Waals surface area contributed by atoms with Crippen LogP contribution in [-0.4, -0.2) is 40.0 Å². The molecule has 0 aromatic carbocycles. The van der Waals surface area contributed by atoms with Gasteiger partial charge in [-0.25, -0.2) is 9.78 Å². The molecule has 0 bridgehead atoms. The lowest BCUT2D eigenvalue weighted by atomic mass is 10.1. The van der Waals surface area contributed by atoms with Crippen molar-refractivity contribution in [3.05, 3.63) is 62.2 Å². The zero-order valence-electron chi connectivity index (χ0n) is 16.8. The van der Waals surface area contributed by atoms with Gasteiger partial charge < -0.3 is 15.0 Å². The number of hydrogen-bond donors (Lipinski definition) is 1. The van der Waals surface area contributed by atoms with Gasteiger partial charge in [0.1, 0.15) is 6.07 Å². The van der Waals surface area contributed by atoms with Gasteiger partial charge in [-0.15, -0.1) is 22.7 Å². The van der Waals surface area contributed by atoms with Gasteiger partial charge in [0.2, 0.25) is 0 Å². The Labute approximate surface area is 187 Å². The number of ether oxygens (including phenoxy) is 1. The van der Waals surface area contributed by atoms with Crippen molar-refractivity contribution in [3.8, 4) is 6.07 Å². The summed E-state index contributed by atoms with van der Waals surface area (Å²) in [5.74, 6) is -0.321. The van der Waals surface area contributed by atoms with Gasteiger partial charge in [-0.3, -0.25) is 9.78 Å². The molecular weight excluding hydrogens is 434 g/mol. The van der Waals surface area contributed by atoms with Crippen LogP contribution in [-0.2, 0) is 24.1 Å². The summed E-state index contributed by atoms with van der Waals surface area (Å²) in [6.45, 7) is 3.31. The number of rotatable bonds is 5. The van der Waals surface area contributed by atoms with E-state index in [9.17, 15) is 9.59 Å². The molecule has 0 unspecified atom stereocenters. The van der Waals surface area contributed by atoms with E-state index in [-0.39, 0.29) is 12.0 Å². The topological polar surface area (TPSA) is 108 Å². The van der Waals surface area contributed by atoms with Gasteiger partial charge in [0.05, 0.1) is 40.5 Å². The van der Waals surface area contributed by atoms with Gasteiger partial charge >= 0.3 is 6.09 Å². The molecule has 158 valence electrons. The van der Waals surface area contributed by atoms with E-state index in [1.54, 1.807) is 21.7 Å². The van der Waals surface area contributed by atoms with E-state index < -0.39 is 0 Å². The standard InChI is InChI=1S/C21H19N5O3S2/c1-13-17(30-12-24-13)3-5-29-21(28)26-4-2-15-7-19(31-18(15)11-26)25-20(27)16-6-14(8-22)9-23-10-16/h6-7,9-10,12H,2-5,11H2,1H3,(H,25,27). The van der Waals surface area contributed by atoms with Crippen molar-refractivity contribution >= 4 is 39.7 Å². The minimum absolute atomic E-state index is 0.321.